The van der Waals surface area contributed by atoms with Gasteiger partial charge in [-0.15, -0.1) is 0 Å². The highest BCUT2D eigenvalue weighted by Gasteiger charge is 2.53. The lowest BCUT2D eigenvalue weighted by molar-refractivity contribution is -0.121. The Labute approximate surface area is 115 Å². The van der Waals surface area contributed by atoms with Crippen LogP contribution < -0.4 is 10.6 Å². The van der Waals surface area contributed by atoms with Gasteiger partial charge < -0.3 is 10.6 Å². The molecule has 4 aliphatic carbocycles. The third-order valence-corrected chi connectivity index (χ3v) is 6.19. The summed E-state index contributed by atoms with van der Waals surface area (Å²) in [6, 6.07) is 0.500. The molecule has 4 saturated carbocycles. The molecular weight excluding hydrogens is 236 g/mol. The highest BCUT2D eigenvalue weighted by atomic mass is 16.2. The second kappa shape index (κ2) is 4.76. The highest BCUT2D eigenvalue weighted by Crippen LogP contribution is 2.58. The monoisotopic (exact) mass is 262 g/mol. The van der Waals surface area contributed by atoms with Crippen LogP contribution in [0.5, 0.6) is 0 Å². The predicted octanol–water partition coefficient (Wildman–Crippen LogP) is 1.93. The molecule has 4 rings (SSSR count). The van der Waals surface area contributed by atoms with Crippen molar-refractivity contribution in [3.05, 3.63) is 0 Å². The van der Waals surface area contributed by atoms with Crippen molar-refractivity contribution in [3.63, 3.8) is 0 Å². The van der Waals surface area contributed by atoms with Gasteiger partial charge in [-0.3, -0.25) is 4.79 Å². The second-order valence-corrected chi connectivity index (χ2v) is 7.40. The van der Waals surface area contributed by atoms with Gasteiger partial charge in [0.15, 0.2) is 0 Å². The molecular formula is C16H26N2O. The molecule has 2 N–H and O–H groups in total. The molecule has 0 saturated heterocycles. The molecule has 2 bridgehead atoms. The Hall–Kier alpha value is -0.570. The van der Waals surface area contributed by atoms with Crippen LogP contribution in [0.25, 0.3) is 0 Å². The Morgan fingerprint density at radius 2 is 1.84 bits per heavy atom. The number of hydrogen-bond donors (Lipinski definition) is 2. The smallest absolute Gasteiger partial charge is 0.234 e. The minimum atomic E-state index is 0.229. The summed E-state index contributed by atoms with van der Waals surface area (Å²) in [5.41, 5.74) is 0. The molecule has 4 aliphatic rings. The summed E-state index contributed by atoms with van der Waals surface area (Å²) in [7, 11) is 0. The van der Waals surface area contributed by atoms with Crippen molar-refractivity contribution in [3.8, 4) is 0 Å². The Morgan fingerprint density at radius 1 is 1.00 bits per heavy atom. The maximum absolute atomic E-state index is 12.0. The maximum atomic E-state index is 12.0. The SMILES string of the molecule is O=C(CNCC1CC1)NC1CC2CC1C1CCCC21. The molecule has 1 amide bonds. The van der Waals surface area contributed by atoms with E-state index in [2.05, 4.69) is 10.6 Å². The summed E-state index contributed by atoms with van der Waals surface area (Å²) in [6.07, 6.45) is 9.70. The van der Waals surface area contributed by atoms with E-state index >= 15 is 0 Å². The van der Waals surface area contributed by atoms with Crippen LogP contribution in [0.2, 0.25) is 0 Å². The van der Waals surface area contributed by atoms with E-state index < -0.39 is 0 Å². The Morgan fingerprint density at radius 3 is 2.68 bits per heavy atom. The summed E-state index contributed by atoms with van der Waals surface area (Å²) in [4.78, 5) is 12.0. The summed E-state index contributed by atoms with van der Waals surface area (Å²) in [5, 5.41) is 6.62. The molecule has 0 aromatic rings. The largest absolute Gasteiger partial charge is 0.352 e. The topological polar surface area (TPSA) is 41.1 Å². The number of amides is 1. The lowest BCUT2D eigenvalue weighted by Crippen LogP contribution is -2.45. The van der Waals surface area contributed by atoms with Crippen molar-refractivity contribution < 1.29 is 4.79 Å². The van der Waals surface area contributed by atoms with Crippen molar-refractivity contribution in [1.82, 2.24) is 10.6 Å². The number of carbonyl (C=O) groups excluding carboxylic acids is 1. The Balaban J connectivity index is 1.25. The first-order chi connectivity index (χ1) is 9.31. The Kier molecular flexibility index (Phi) is 3.06. The van der Waals surface area contributed by atoms with Crippen LogP contribution in [0.15, 0.2) is 0 Å². The molecule has 5 atom stereocenters. The van der Waals surface area contributed by atoms with Gasteiger partial charge in [-0.2, -0.15) is 0 Å². The Bertz CT molecular complexity index is 366. The van der Waals surface area contributed by atoms with Gasteiger partial charge in [0.05, 0.1) is 6.54 Å². The summed E-state index contributed by atoms with van der Waals surface area (Å²) < 4.78 is 0. The third-order valence-electron chi connectivity index (χ3n) is 6.19. The van der Waals surface area contributed by atoms with Crippen molar-refractivity contribution in [2.75, 3.05) is 13.1 Å². The molecule has 4 fully saturated rings. The van der Waals surface area contributed by atoms with E-state index in [1.165, 1.54) is 44.9 Å². The van der Waals surface area contributed by atoms with E-state index in [-0.39, 0.29) is 5.91 Å². The number of fused-ring (bicyclic) bond motifs is 5. The van der Waals surface area contributed by atoms with Crippen LogP contribution >= 0.6 is 0 Å². The fourth-order valence-electron chi connectivity index (χ4n) is 5.20. The van der Waals surface area contributed by atoms with Gasteiger partial charge in [0.2, 0.25) is 5.91 Å². The highest BCUT2D eigenvalue weighted by molar-refractivity contribution is 5.78. The van der Waals surface area contributed by atoms with E-state index in [0.29, 0.717) is 12.6 Å². The lowest BCUT2D eigenvalue weighted by Gasteiger charge is -2.32. The van der Waals surface area contributed by atoms with Gasteiger partial charge >= 0.3 is 0 Å². The van der Waals surface area contributed by atoms with E-state index in [1.807, 2.05) is 0 Å². The molecule has 106 valence electrons. The maximum Gasteiger partial charge on any atom is 0.234 e. The van der Waals surface area contributed by atoms with Crippen molar-refractivity contribution in [2.45, 2.75) is 51.0 Å². The quantitative estimate of drug-likeness (QED) is 0.795. The second-order valence-electron chi connectivity index (χ2n) is 7.40. The van der Waals surface area contributed by atoms with Gasteiger partial charge in [-0.25, -0.2) is 0 Å². The van der Waals surface area contributed by atoms with Crippen LogP contribution in [0, 0.1) is 29.6 Å². The zero-order chi connectivity index (χ0) is 12.8. The molecule has 0 aliphatic heterocycles. The van der Waals surface area contributed by atoms with Crippen LogP contribution in [-0.2, 0) is 4.79 Å². The number of hydrogen-bond acceptors (Lipinski definition) is 2. The van der Waals surface area contributed by atoms with Crippen molar-refractivity contribution >= 4 is 5.91 Å². The van der Waals surface area contributed by atoms with Crippen LogP contribution in [0.4, 0.5) is 0 Å². The third kappa shape index (κ3) is 2.31. The fourth-order valence-corrected chi connectivity index (χ4v) is 5.20. The number of rotatable bonds is 5. The van der Waals surface area contributed by atoms with E-state index in [0.717, 1.165) is 36.1 Å². The summed E-state index contributed by atoms with van der Waals surface area (Å²) in [6.45, 7) is 1.56. The fraction of sp³-hybridized carbons (Fsp3) is 0.938. The van der Waals surface area contributed by atoms with Gasteiger partial charge in [0.1, 0.15) is 0 Å². The average Bonchev–Trinajstić information content (AvgIpc) is 2.84. The summed E-state index contributed by atoms with van der Waals surface area (Å²) >= 11 is 0. The molecule has 0 aromatic heterocycles. The predicted molar refractivity (Wildman–Crippen MR) is 74.6 cm³/mol. The zero-order valence-electron chi connectivity index (χ0n) is 11.7. The van der Waals surface area contributed by atoms with Gasteiger partial charge in [0.25, 0.3) is 0 Å². The number of nitrogens with one attached hydrogen (secondary N) is 2. The standard InChI is InChI=1S/C16H26N2O/c19-16(9-17-8-10-4-5-10)18-15-7-11-6-14(15)13-3-1-2-12(11)13/h10-15,17H,1-9H2,(H,18,19). The molecule has 0 aromatic carbocycles. The molecule has 3 nitrogen and oxygen atoms in total. The van der Waals surface area contributed by atoms with E-state index in [4.69, 9.17) is 0 Å². The van der Waals surface area contributed by atoms with Crippen LogP contribution in [0.1, 0.15) is 44.9 Å². The molecule has 19 heavy (non-hydrogen) atoms. The van der Waals surface area contributed by atoms with Gasteiger partial charge in [-0.1, -0.05) is 6.42 Å². The summed E-state index contributed by atoms with van der Waals surface area (Å²) in [5.74, 6) is 4.80. The normalized spacial score (nSPS) is 43.5. The first kappa shape index (κ1) is 12.2. The van der Waals surface area contributed by atoms with Crippen molar-refractivity contribution in [2.24, 2.45) is 29.6 Å². The molecule has 3 heteroatoms. The van der Waals surface area contributed by atoms with Crippen molar-refractivity contribution in [1.29, 1.82) is 0 Å². The van der Waals surface area contributed by atoms with E-state index in [1.54, 1.807) is 0 Å². The number of carbonyl (C=O) groups is 1. The molecule has 5 unspecified atom stereocenters. The van der Waals surface area contributed by atoms with Crippen LogP contribution in [-0.4, -0.2) is 25.0 Å². The molecule has 0 heterocycles. The van der Waals surface area contributed by atoms with Crippen LogP contribution in [0.3, 0.4) is 0 Å². The van der Waals surface area contributed by atoms with Gasteiger partial charge in [-0.05, 0) is 74.7 Å². The van der Waals surface area contributed by atoms with Gasteiger partial charge in [0, 0.05) is 6.04 Å². The lowest BCUT2D eigenvalue weighted by atomic mass is 9.79. The average molecular weight is 262 g/mol. The first-order valence-corrected chi connectivity index (χ1v) is 8.31. The zero-order valence-corrected chi connectivity index (χ0v) is 11.7. The van der Waals surface area contributed by atoms with E-state index in [9.17, 15) is 4.79 Å². The minimum absolute atomic E-state index is 0.229. The minimum Gasteiger partial charge on any atom is -0.352 e. The first-order valence-electron chi connectivity index (χ1n) is 8.31. The molecule has 0 radical (unpaired) electrons. The molecule has 0 spiro atoms.